The molecule has 0 saturated carbocycles. The average molecular weight is 316 g/mol. The Bertz CT molecular complexity index is 855. The van der Waals surface area contributed by atoms with Crippen LogP contribution in [0, 0.1) is 11.2 Å². The van der Waals surface area contributed by atoms with E-state index in [2.05, 4.69) is 5.32 Å². The zero-order chi connectivity index (χ0) is 16.8. The van der Waals surface area contributed by atoms with E-state index < -0.39 is 11.6 Å². The fourth-order valence-electron chi connectivity index (χ4n) is 2.73. The van der Waals surface area contributed by atoms with E-state index in [4.69, 9.17) is 0 Å². The summed E-state index contributed by atoms with van der Waals surface area (Å²) in [5.41, 5.74) is 0.203. The monoisotopic (exact) mass is 316 g/mol. The summed E-state index contributed by atoms with van der Waals surface area (Å²) in [6.45, 7) is 5.19. The lowest BCUT2D eigenvalue weighted by Gasteiger charge is -2.34. The van der Waals surface area contributed by atoms with Crippen LogP contribution in [0.15, 0.2) is 35.1 Å². The highest BCUT2D eigenvalue weighted by Gasteiger charge is 2.28. The number of nitrogens with zero attached hydrogens (tertiary/aromatic N) is 1. The van der Waals surface area contributed by atoms with Crippen molar-refractivity contribution < 1.29 is 14.3 Å². The van der Waals surface area contributed by atoms with Gasteiger partial charge in [-0.25, -0.2) is 4.39 Å². The second-order valence-electron chi connectivity index (χ2n) is 6.53. The first kappa shape index (κ1) is 15.3. The third-order valence-corrected chi connectivity index (χ3v) is 3.96. The molecule has 1 aliphatic heterocycles. The Balaban J connectivity index is 2.09. The molecule has 0 atom stereocenters. The minimum atomic E-state index is -0.785. The molecular formula is C17H17FN2O3. The Hall–Kier alpha value is -2.63. The van der Waals surface area contributed by atoms with Crippen molar-refractivity contribution in [1.29, 1.82) is 0 Å². The van der Waals surface area contributed by atoms with Crippen molar-refractivity contribution in [3.8, 4) is 5.75 Å². The van der Waals surface area contributed by atoms with Crippen molar-refractivity contribution in [1.82, 2.24) is 4.57 Å². The molecule has 5 nitrogen and oxygen atoms in total. The Morgan fingerprint density at radius 2 is 2.04 bits per heavy atom. The number of halogens is 1. The first-order valence-electron chi connectivity index (χ1n) is 7.29. The zero-order valence-electron chi connectivity index (χ0n) is 12.9. The third-order valence-electron chi connectivity index (χ3n) is 3.96. The summed E-state index contributed by atoms with van der Waals surface area (Å²) in [5, 5.41) is 12.6. The van der Waals surface area contributed by atoms with Crippen LogP contribution in [-0.2, 0) is 6.54 Å². The molecule has 0 amide bonds. The highest BCUT2D eigenvalue weighted by atomic mass is 19.1. The van der Waals surface area contributed by atoms with Crippen molar-refractivity contribution in [2.45, 2.75) is 20.4 Å². The number of nitrogens with one attached hydrogen (secondary N) is 1. The molecule has 3 rings (SSSR count). The fourth-order valence-corrected chi connectivity index (χ4v) is 2.73. The van der Waals surface area contributed by atoms with Crippen LogP contribution in [0.3, 0.4) is 0 Å². The lowest BCUT2D eigenvalue weighted by Crippen LogP contribution is -2.40. The van der Waals surface area contributed by atoms with E-state index in [-0.39, 0.29) is 22.3 Å². The van der Waals surface area contributed by atoms with Crippen molar-refractivity contribution in [3.05, 3.63) is 57.6 Å². The van der Waals surface area contributed by atoms with Crippen LogP contribution in [0.2, 0.25) is 0 Å². The van der Waals surface area contributed by atoms with Crippen LogP contribution in [0.1, 0.15) is 29.8 Å². The second-order valence-corrected chi connectivity index (χ2v) is 6.53. The molecule has 6 heteroatoms. The highest BCUT2D eigenvalue weighted by molar-refractivity contribution is 6.12. The standard InChI is InChI=1S/C17H17FN2O3/c1-17(2)8-19-16-11(4-6-14(22)20(16)9-17)15(23)10-3-5-12(18)13(21)7-10/h3-7,19,21H,8-9H2,1-2H3. The largest absolute Gasteiger partial charge is 0.505 e. The number of hydrogen-bond acceptors (Lipinski definition) is 4. The summed E-state index contributed by atoms with van der Waals surface area (Å²) in [5.74, 6) is -1.28. The number of aromatic nitrogens is 1. The maximum atomic E-state index is 13.2. The van der Waals surface area contributed by atoms with Gasteiger partial charge in [0.2, 0.25) is 0 Å². The molecule has 0 bridgehead atoms. The molecule has 2 N–H and O–H groups in total. The molecule has 1 aliphatic rings. The molecule has 1 aromatic heterocycles. The van der Waals surface area contributed by atoms with Crippen LogP contribution in [-0.4, -0.2) is 22.0 Å². The van der Waals surface area contributed by atoms with Gasteiger partial charge < -0.3 is 10.4 Å². The Morgan fingerprint density at radius 1 is 1.30 bits per heavy atom. The number of phenolic OH excluding ortho intramolecular Hbond substituents is 1. The SMILES string of the molecule is CC1(C)CNc2c(C(=O)c3ccc(F)c(O)c3)ccc(=O)n2C1. The van der Waals surface area contributed by atoms with E-state index in [1.165, 1.54) is 18.2 Å². The van der Waals surface area contributed by atoms with Crippen molar-refractivity contribution in [2.24, 2.45) is 5.41 Å². The quantitative estimate of drug-likeness (QED) is 0.835. The van der Waals surface area contributed by atoms with Crippen LogP contribution >= 0.6 is 0 Å². The number of anilines is 1. The van der Waals surface area contributed by atoms with E-state index in [0.29, 0.717) is 24.5 Å². The predicted octanol–water partition coefficient (Wildman–Crippen LogP) is 2.38. The summed E-state index contributed by atoms with van der Waals surface area (Å²) in [6, 6.07) is 6.25. The average Bonchev–Trinajstić information content (AvgIpc) is 2.49. The number of ketones is 1. The molecule has 23 heavy (non-hydrogen) atoms. The summed E-state index contributed by atoms with van der Waals surface area (Å²) < 4.78 is 14.7. The Kier molecular flexibility index (Phi) is 3.47. The Morgan fingerprint density at radius 3 is 2.74 bits per heavy atom. The molecule has 2 heterocycles. The normalized spacial score (nSPS) is 15.6. The first-order chi connectivity index (χ1) is 10.8. The highest BCUT2D eigenvalue weighted by Crippen LogP contribution is 2.29. The van der Waals surface area contributed by atoms with E-state index >= 15 is 0 Å². The van der Waals surface area contributed by atoms with Gasteiger partial charge in [0.1, 0.15) is 5.82 Å². The number of benzene rings is 1. The molecule has 0 unspecified atom stereocenters. The van der Waals surface area contributed by atoms with Crippen LogP contribution in [0.5, 0.6) is 5.75 Å². The smallest absolute Gasteiger partial charge is 0.252 e. The number of pyridine rings is 1. The molecule has 0 fully saturated rings. The molecular weight excluding hydrogens is 299 g/mol. The minimum Gasteiger partial charge on any atom is -0.505 e. The number of carbonyl (C=O) groups is 1. The molecule has 120 valence electrons. The van der Waals surface area contributed by atoms with Crippen LogP contribution in [0.25, 0.3) is 0 Å². The topological polar surface area (TPSA) is 71.3 Å². The van der Waals surface area contributed by atoms with Gasteiger partial charge in [0.25, 0.3) is 5.56 Å². The third kappa shape index (κ3) is 2.72. The molecule has 0 saturated heterocycles. The molecule has 2 aromatic rings. The first-order valence-corrected chi connectivity index (χ1v) is 7.29. The molecule has 1 aromatic carbocycles. The minimum absolute atomic E-state index is 0.105. The van der Waals surface area contributed by atoms with Gasteiger partial charge in [0.05, 0.1) is 5.56 Å². The van der Waals surface area contributed by atoms with Gasteiger partial charge in [-0.2, -0.15) is 0 Å². The lowest BCUT2D eigenvalue weighted by atomic mass is 9.90. The van der Waals surface area contributed by atoms with Crippen molar-refractivity contribution in [2.75, 3.05) is 11.9 Å². The number of rotatable bonds is 2. The number of carbonyl (C=O) groups excluding carboxylic acids is 1. The van der Waals surface area contributed by atoms with Gasteiger partial charge in [-0.3, -0.25) is 14.2 Å². The fraction of sp³-hybridized carbons (Fsp3) is 0.294. The molecule has 0 spiro atoms. The van der Waals surface area contributed by atoms with Gasteiger partial charge in [-0.15, -0.1) is 0 Å². The zero-order valence-corrected chi connectivity index (χ0v) is 12.9. The number of hydrogen-bond donors (Lipinski definition) is 2. The van der Waals surface area contributed by atoms with Crippen LogP contribution < -0.4 is 10.9 Å². The van der Waals surface area contributed by atoms with Crippen molar-refractivity contribution >= 4 is 11.6 Å². The maximum Gasteiger partial charge on any atom is 0.252 e. The van der Waals surface area contributed by atoms with E-state index in [0.717, 1.165) is 12.1 Å². The summed E-state index contributed by atoms with van der Waals surface area (Å²) in [6.07, 6.45) is 0. The van der Waals surface area contributed by atoms with Gasteiger partial charge in [-0.1, -0.05) is 13.8 Å². The van der Waals surface area contributed by atoms with Gasteiger partial charge in [-0.05, 0) is 24.3 Å². The lowest BCUT2D eigenvalue weighted by molar-refractivity contribution is 0.103. The van der Waals surface area contributed by atoms with Crippen molar-refractivity contribution in [3.63, 3.8) is 0 Å². The van der Waals surface area contributed by atoms with Gasteiger partial charge >= 0.3 is 0 Å². The predicted molar refractivity (Wildman–Crippen MR) is 84.5 cm³/mol. The summed E-state index contributed by atoms with van der Waals surface area (Å²) in [4.78, 5) is 24.7. The molecule has 0 aliphatic carbocycles. The number of aromatic hydroxyl groups is 1. The van der Waals surface area contributed by atoms with E-state index in [9.17, 15) is 19.1 Å². The Labute approximate surface area is 132 Å². The van der Waals surface area contributed by atoms with E-state index in [1.807, 2.05) is 13.8 Å². The maximum absolute atomic E-state index is 13.2. The van der Waals surface area contributed by atoms with Gasteiger partial charge in [0, 0.05) is 30.1 Å². The number of fused-ring (bicyclic) bond motifs is 1. The molecule has 0 radical (unpaired) electrons. The van der Waals surface area contributed by atoms with Gasteiger partial charge in [0.15, 0.2) is 17.3 Å². The van der Waals surface area contributed by atoms with E-state index in [1.54, 1.807) is 4.57 Å². The van der Waals surface area contributed by atoms with Crippen LogP contribution in [0.4, 0.5) is 10.2 Å². The number of phenols is 1. The second kappa shape index (κ2) is 5.22. The summed E-state index contributed by atoms with van der Waals surface area (Å²) >= 11 is 0. The summed E-state index contributed by atoms with van der Waals surface area (Å²) in [7, 11) is 0.